The number of hydrogen-bond acceptors (Lipinski definition) is 6. The van der Waals surface area contributed by atoms with Gasteiger partial charge >= 0.3 is 12.4 Å². The van der Waals surface area contributed by atoms with Crippen molar-refractivity contribution in [3.05, 3.63) is 107 Å². The summed E-state index contributed by atoms with van der Waals surface area (Å²) in [6.45, 7) is 1.95. The molecule has 0 saturated carbocycles. The molecule has 4 heterocycles. The third-order valence-electron chi connectivity index (χ3n) is 9.03. The van der Waals surface area contributed by atoms with Crippen LogP contribution in [0, 0.1) is 0 Å². The molecule has 0 bridgehead atoms. The van der Waals surface area contributed by atoms with Gasteiger partial charge in [-0.15, -0.1) is 24.8 Å². The molecular formula is C36H42Cl2F6N12O5. The largest absolute Gasteiger partial charge is 0.418 e. The van der Waals surface area contributed by atoms with Crippen LogP contribution in [0.5, 0.6) is 0 Å². The zero-order chi connectivity index (χ0) is 42.4. The fourth-order valence-electron chi connectivity index (χ4n) is 6.28. The van der Waals surface area contributed by atoms with Crippen molar-refractivity contribution in [3.63, 3.8) is 0 Å². The highest BCUT2D eigenvalue weighted by molar-refractivity contribution is 6.03. The number of H-pyrrole nitrogens is 2. The van der Waals surface area contributed by atoms with Gasteiger partial charge in [-0.05, 0) is 60.7 Å². The molecular weight excluding hydrogens is 865 g/mol. The molecule has 0 spiro atoms. The summed E-state index contributed by atoms with van der Waals surface area (Å²) in [7, 11) is 0. The van der Waals surface area contributed by atoms with Crippen molar-refractivity contribution >= 4 is 71.7 Å². The van der Waals surface area contributed by atoms with Gasteiger partial charge < -0.3 is 58.0 Å². The summed E-state index contributed by atoms with van der Waals surface area (Å²) in [6, 6.07) is 13.1. The predicted molar refractivity (Wildman–Crippen MR) is 219 cm³/mol. The van der Waals surface area contributed by atoms with Crippen LogP contribution in [0.25, 0.3) is 0 Å². The summed E-state index contributed by atoms with van der Waals surface area (Å²) in [6.07, 6.45) is -6.10. The number of alkyl halides is 6. The maximum atomic E-state index is 13.6. The Morgan fingerprint density at radius 2 is 0.869 bits per heavy atom. The molecule has 2 fully saturated rings. The van der Waals surface area contributed by atoms with Crippen molar-refractivity contribution in [2.45, 2.75) is 12.4 Å². The lowest BCUT2D eigenvalue weighted by Crippen LogP contribution is -2.49. The molecule has 61 heavy (non-hydrogen) atoms. The van der Waals surface area contributed by atoms with Crippen LogP contribution in [-0.2, 0) is 12.4 Å². The van der Waals surface area contributed by atoms with E-state index in [9.17, 15) is 45.5 Å². The zero-order valence-corrected chi connectivity index (χ0v) is 33.4. The number of aromatic nitrogens is 2. The maximum absolute atomic E-state index is 13.6. The Morgan fingerprint density at radius 3 is 1.13 bits per heavy atom. The molecule has 2 saturated heterocycles. The van der Waals surface area contributed by atoms with Gasteiger partial charge in [0.05, 0.1) is 11.1 Å². The number of benzene rings is 2. The van der Waals surface area contributed by atoms with Gasteiger partial charge in [-0.1, -0.05) is 0 Å². The standard InChI is InChI=1S/2C18H19F3N6O2.2ClH.H2O/c2*19-18(20,21)12-10-11(15(28)25-17(22)23)3-4-14(12)26-6-8-27(9-7-26)16(29)13-2-1-5-24-13;;;/h2*1-5,10,24H,6-9H2,(H4,22,23,25,28);2*1H;1H2. The molecule has 2 aromatic carbocycles. The van der Waals surface area contributed by atoms with E-state index < -0.39 is 47.2 Å². The first-order chi connectivity index (χ1) is 27.3. The number of amides is 4. The minimum Gasteiger partial charge on any atom is -0.412 e. The first-order valence-corrected chi connectivity index (χ1v) is 17.4. The van der Waals surface area contributed by atoms with Crippen molar-refractivity contribution < 1.29 is 51.0 Å². The second-order valence-corrected chi connectivity index (χ2v) is 12.9. The number of aliphatic imine (C=N–C) groups is 2. The number of halogens is 8. The number of anilines is 2. The number of hydrogen-bond donors (Lipinski definition) is 6. The van der Waals surface area contributed by atoms with Crippen LogP contribution in [-0.4, -0.2) is 113 Å². The second kappa shape index (κ2) is 21.2. The third-order valence-corrected chi connectivity index (χ3v) is 9.03. The van der Waals surface area contributed by atoms with Gasteiger partial charge in [0.15, 0.2) is 11.9 Å². The van der Waals surface area contributed by atoms with Gasteiger partial charge in [-0.2, -0.15) is 36.3 Å². The van der Waals surface area contributed by atoms with Crippen LogP contribution in [0.15, 0.2) is 83.0 Å². The van der Waals surface area contributed by atoms with Gasteiger partial charge in [-0.3, -0.25) is 19.2 Å². The molecule has 4 amide bonds. The summed E-state index contributed by atoms with van der Waals surface area (Å²) in [4.78, 5) is 66.9. The van der Waals surface area contributed by atoms with Gasteiger partial charge in [0.25, 0.3) is 23.6 Å². The summed E-state index contributed by atoms with van der Waals surface area (Å²) in [5.74, 6) is -3.38. The summed E-state index contributed by atoms with van der Waals surface area (Å²) < 4.78 is 81.6. The smallest absolute Gasteiger partial charge is 0.412 e. The lowest BCUT2D eigenvalue weighted by atomic mass is 10.1. The van der Waals surface area contributed by atoms with Crippen LogP contribution < -0.4 is 32.7 Å². The van der Waals surface area contributed by atoms with E-state index in [0.717, 1.165) is 12.1 Å². The topological polar surface area (TPSA) is 273 Å². The van der Waals surface area contributed by atoms with E-state index in [-0.39, 0.29) is 117 Å². The molecule has 0 radical (unpaired) electrons. The predicted octanol–water partition coefficient (Wildman–Crippen LogP) is 2.84. The van der Waals surface area contributed by atoms with Crippen LogP contribution in [0.1, 0.15) is 52.8 Å². The Balaban J connectivity index is 0.000000400. The summed E-state index contributed by atoms with van der Waals surface area (Å²) >= 11 is 0. The Bertz CT molecular complexity index is 2030. The lowest BCUT2D eigenvalue weighted by molar-refractivity contribution is -0.138. The number of aromatic amines is 2. The number of carbonyl (C=O) groups excluding carboxylic acids is 4. The van der Waals surface area contributed by atoms with E-state index in [4.69, 9.17) is 22.9 Å². The van der Waals surface area contributed by atoms with E-state index in [0.29, 0.717) is 11.4 Å². The third kappa shape index (κ3) is 12.8. The van der Waals surface area contributed by atoms with E-state index in [2.05, 4.69) is 20.0 Å². The average molecular weight is 908 g/mol. The molecule has 0 atom stereocenters. The monoisotopic (exact) mass is 906 g/mol. The van der Waals surface area contributed by atoms with Crippen molar-refractivity contribution in [1.29, 1.82) is 0 Å². The minimum absolute atomic E-state index is 0. The highest BCUT2D eigenvalue weighted by Gasteiger charge is 2.38. The molecule has 2 aliphatic heterocycles. The number of piperazine rings is 2. The van der Waals surface area contributed by atoms with E-state index in [1.54, 1.807) is 46.5 Å². The second-order valence-electron chi connectivity index (χ2n) is 12.9. The molecule has 0 unspecified atom stereocenters. The minimum atomic E-state index is -4.68. The number of carbonyl (C=O) groups is 4. The fourth-order valence-corrected chi connectivity index (χ4v) is 6.28. The van der Waals surface area contributed by atoms with Crippen LogP contribution >= 0.6 is 24.8 Å². The molecule has 12 N–H and O–H groups in total. The highest BCUT2D eigenvalue weighted by atomic mass is 35.5. The fraction of sp³-hybridized carbons (Fsp3) is 0.278. The van der Waals surface area contributed by atoms with E-state index >= 15 is 0 Å². The van der Waals surface area contributed by atoms with Crippen LogP contribution in [0.3, 0.4) is 0 Å². The Hall–Kier alpha value is -6.46. The molecule has 6 rings (SSSR count). The quantitative estimate of drug-likeness (QED) is 0.0936. The molecule has 2 aromatic heterocycles. The highest BCUT2D eigenvalue weighted by Crippen LogP contribution is 2.39. The Morgan fingerprint density at radius 1 is 0.541 bits per heavy atom. The number of nitrogens with zero attached hydrogens (tertiary/aromatic N) is 6. The van der Waals surface area contributed by atoms with Crippen molar-refractivity contribution in [2.24, 2.45) is 32.9 Å². The average Bonchev–Trinajstić information content (AvgIpc) is 3.92. The maximum Gasteiger partial charge on any atom is 0.418 e. The first-order valence-electron chi connectivity index (χ1n) is 17.4. The normalized spacial score (nSPS) is 13.9. The van der Waals surface area contributed by atoms with Crippen molar-refractivity contribution in [1.82, 2.24) is 19.8 Å². The van der Waals surface area contributed by atoms with Crippen molar-refractivity contribution in [2.75, 3.05) is 62.2 Å². The molecule has 332 valence electrons. The van der Waals surface area contributed by atoms with Crippen LogP contribution in [0.2, 0.25) is 0 Å². The molecule has 25 heteroatoms. The number of nitrogens with two attached hydrogens (primary N) is 4. The number of rotatable bonds is 6. The molecule has 17 nitrogen and oxygen atoms in total. The van der Waals surface area contributed by atoms with Gasteiger partial charge in [-0.25, -0.2) is 0 Å². The van der Waals surface area contributed by atoms with Gasteiger partial charge in [0.2, 0.25) is 0 Å². The van der Waals surface area contributed by atoms with Gasteiger partial charge in [0.1, 0.15) is 11.4 Å². The van der Waals surface area contributed by atoms with E-state index in [1.807, 2.05) is 0 Å². The van der Waals surface area contributed by atoms with E-state index in [1.165, 1.54) is 34.1 Å². The summed E-state index contributed by atoms with van der Waals surface area (Å²) in [5.41, 5.74) is 18.7. The number of nitrogens with one attached hydrogen (secondary N) is 2. The first kappa shape index (κ1) is 50.7. The molecule has 2 aliphatic rings. The molecule has 4 aromatic rings. The summed E-state index contributed by atoms with van der Waals surface area (Å²) in [5, 5.41) is 0. The van der Waals surface area contributed by atoms with Crippen molar-refractivity contribution in [3.8, 4) is 0 Å². The SMILES string of the molecule is Cl.Cl.NC(N)=NC(=O)c1ccc(N2CCN(C(=O)c3ccc[nH]3)CC2)c(C(F)(F)F)c1.NC(N)=NC(=O)c1ccc(N2CCN(C(=O)c3ccc[nH]3)CC2)c(C(F)(F)F)c1.O. The molecule has 0 aliphatic carbocycles. The van der Waals surface area contributed by atoms with Gasteiger partial charge in [0, 0.05) is 87.3 Å². The Labute approximate surface area is 355 Å². The Kier molecular flexibility index (Phi) is 17.6. The van der Waals surface area contributed by atoms with Crippen LogP contribution in [0.4, 0.5) is 37.7 Å². The number of guanidine groups is 2. The lowest BCUT2D eigenvalue weighted by Gasteiger charge is -2.37. The zero-order valence-electron chi connectivity index (χ0n) is 31.8.